The molecule has 0 spiro atoms. The molecule has 2 saturated heterocycles. The van der Waals surface area contributed by atoms with Crippen LogP contribution in [0.3, 0.4) is 0 Å². The fourth-order valence-electron chi connectivity index (χ4n) is 4.92. The van der Waals surface area contributed by atoms with Gasteiger partial charge in [-0.2, -0.15) is 0 Å². The normalized spacial score (nSPS) is 21.7. The van der Waals surface area contributed by atoms with Crippen LogP contribution in [-0.4, -0.2) is 22.9 Å². The van der Waals surface area contributed by atoms with Gasteiger partial charge in [0.25, 0.3) is 5.91 Å². The summed E-state index contributed by atoms with van der Waals surface area (Å²) in [5, 5.41) is 3.23. The van der Waals surface area contributed by atoms with Crippen molar-refractivity contribution in [3.05, 3.63) is 100 Å². The molecule has 0 aliphatic carbocycles. The van der Waals surface area contributed by atoms with Gasteiger partial charge in [0.05, 0.1) is 22.9 Å². The van der Waals surface area contributed by atoms with Crippen molar-refractivity contribution in [3.8, 4) is 0 Å². The number of aromatic nitrogens is 1. The van der Waals surface area contributed by atoms with Crippen LogP contribution in [0, 0.1) is 12.8 Å². The summed E-state index contributed by atoms with van der Waals surface area (Å²) >= 11 is 13.0. The number of halogens is 2. The zero-order chi connectivity index (χ0) is 24.3. The van der Waals surface area contributed by atoms with E-state index in [4.69, 9.17) is 28.0 Å². The Morgan fingerprint density at radius 2 is 1.63 bits per heavy atom. The van der Waals surface area contributed by atoms with Gasteiger partial charge in [0.15, 0.2) is 6.10 Å². The van der Waals surface area contributed by atoms with Crippen molar-refractivity contribution in [1.82, 2.24) is 4.98 Å². The van der Waals surface area contributed by atoms with Crippen molar-refractivity contribution < 1.29 is 14.4 Å². The number of rotatable bonds is 3. The SMILES string of the molecule is Cc1c(Cl)cccc1N1C(=O)[C@H]2[C@@H](ON(c3ccccc3)[C@H]2c2cc3ccccc3nc2Cl)C1=O. The molecule has 2 aliphatic rings. The molecule has 2 aliphatic heterocycles. The number of fused-ring (bicyclic) bond motifs is 2. The number of amides is 2. The summed E-state index contributed by atoms with van der Waals surface area (Å²) < 4.78 is 0. The number of benzene rings is 3. The van der Waals surface area contributed by atoms with E-state index in [2.05, 4.69) is 4.98 Å². The lowest BCUT2D eigenvalue weighted by Crippen LogP contribution is -2.37. The highest BCUT2D eigenvalue weighted by molar-refractivity contribution is 6.33. The Morgan fingerprint density at radius 1 is 0.886 bits per heavy atom. The maximum atomic E-state index is 13.9. The predicted molar refractivity (Wildman–Crippen MR) is 135 cm³/mol. The Hall–Kier alpha value is -3.45. The number of carbonyl (C=O) groups excluding carboxylic acids is 2. The average Bonchev–Trinajstić information content (AvgIpc) is 3.37. The van der Waals surface area contributed by atoms with E-state index in [1.54, 1.807) is 30.2 Å². The molecular formula is C27H19Cl2N3O3. The first-order valence-electron chi connectivity index (χ1n) is 11.1. The lowest BCUT2D eigenvalue weighted by atomic mass is 9.90. The van der Waals surface area contributed by atoms with Crippen LogP contribution in [0.1, 0.15) is 17.2 Å². The van der Waals surface area contributed by atoms with Crippen LogP contribution in [0.15, 0.2) is 78.9 Å². The summed E-state index contributed by atoms with van der Waals surface area (Å²) in [6.45, 7) is 1.78. The molecule has 0 unspecified atom stereocenters. The van der Waals surface area contributed by atoms with Crippen molar-refractivity contribution in [2.24, 2.45) is 5.92 Å². The third-order valence-electron chi connectivity index (χ3n) is 6.63. The summed E-state index contributed by atoms with van der Waals surface area (Å²) in [4.78, 5) is 39.4. The molecule has 0 radical (unpaired) electrons. The van der Waals surface area contributed by atoms with Gasteiger partial charge in [-0.15, -0.1) is 0 Å². The van der Waals surface area contributed by atoms with Crippen LogP contribution < -0.4 is 9.96 Å². The number of pyridine rings is 1. The Bertz CT molecular complexity index is 1490. The summed E-state index contributed by atoms with van der Waals surface area (Å²) in [5.41, 5.74) is 3.18. The van der Waals surface area contributed by atoms with Gasteiger partial charge in [0.1, 0.15) is 11.1 Å². The van der Waals surface area contributed by atoms with Crippen LogP contribution in [0.5, 0.6) is 0 Å². The fourth-order valence-corrected chi connectivity index (χ4v) is 5.35. The van der Waals surface area contributed by atoms with Crippen molar-refractivity contribution in [3.63, 3.8) is 0 Å². The van der Waals surface area contributed by atoms with Crippen molar-refractivity contribution in [2.45, 2.75) is 19.1 Å². The maximum absolute atomic E-state index is 13.9. The van der Waals surface area contributed by atoms with E-state index in [1.165, 1.54) is 4.90 Å². The Balaban J connectivity index is 1.51. The Labute approximate surface area is 211 Å². The third-order valence-corrected chi connectivity index (χ3v) is 7.34. The zero-order valence-corrected chi connectivity index (χ0v) is 20.1. The second kappa shape index (κ2) is 8.34. The van der Waals surface area contributed by atoms with E-state index in [9.17, 15) is 9.59 Å². The van der Waals surface area contributed by atoms with E-state index in [0.717, 1.165) is 10.9 Å². The Morgan fingerprint density at radius 3 is 2.43 bits per heavy atom. The summed E-state index contributed by atoms with van der Waals surface area (Å²) in [5.74, 6) is -1.61. The van der Waals surface area contributed by atoms with E-state index in [-0.39, 0.29) is 11.1 Å². The quantitative estimate of drug-likeness (QED) is 0.257. The monoisotopic (exact) mass is 503 g/mol. The number of para-hydroxylation sites is 2. The van der Waals surface area contributed by atoms with Gasteiger partial charge in [-0.3, -0.25) is 14.4 Å². The first kappa shape index (κ1) is 22.0. The molecule has 4 aromatic rings. The van der Waals surface area contributed by atoms with E-state index in [1.807, 2.05) is 60.7 Å². The van der Waals surface area contributed by atoms with E-state index in [0.29, 0.717) is 27.5 Å². The molecule has 0 N–H and O–H groups in total. The maximum Gasteiger partial charge on any atom is 0.266 e. The molecule has 2 amide bonds. The molecule has 2 fully saturated rings. The van der Waals surface area contributed by atoms with Crippen LogP contribution in [-0.2, 0) is 14.4 Å². The minimum absolute atomic E-state index is 0.261. The van der Waals surface area contributed by atoms with Gasteiger partial charge >= 0.3 is 0 Å². The molecule has 3 atom stereocenters. The molecule has 0 saturated carbocycles. The van der Waals surface area contributed by atoms with Crippen LogP contribution in [0.25, 0.3) is 10.9 Å². The van der Waals surface area contributed by atoms with Crippen LogP contribution >= 0.6 is 23.2 Å². The number of carbonyl (C=O) groups is 2. The minimum atomic E-state index is -1.01. The highest BCUT2D eigenvalue weighted by atomic mass is 35.5. The lowest BCUT2D eigenvalue weighted by molar-refractivity contribution is -0.126. The number of nitrogens with zero attached hydrogens (tertiary/aromatic N) is 3. The van der Waals surface area contributed by atoms with Gasteiger partial charge in [-0.25, -0.2) is 14.9 Å². The molecular weight excluding hydrogens is 485 g/mol. The second-order valence-corrected chi connectivity index (χ2v) is 9.38. The van der Waals surface area contributed by atoms with Crippen molar-refractivity contribution in [1.29, 1.82) is 0 Å². The zero-order valence-electron chi connectivity index (χ0n) is 18.6. The van der Waals surface area contributed by atoms with Gasteiger partial charge in [0, 0.05) is 16.0 Å². The first-order chi connectivity index (χ1) is 17.0. The average molecular weight is 504 g/mol. The number of anilines is 2. The second-order valence-electron chi connectivity index (χ2n) is 8.61. The predicted octanol–water partition coefficient (Wildman–Crippen LogP) is 5.90. The standard InChI is InChI=1S/C27H19Cl2N3O3/c1-15-19(28)11-7-13-21(15)31-26(33)22-23(18-14-16-8-5-6-12-20(16)30-25(18)29)32(35-24(22)27(31)34)17-9-3-2-4-10-17/h2-14,22-24H,1H3/t22-,23+,24-/m1/s1. The minimum Gasteiger partial charge on any atom is -0.273 e. The van der Waals surface area contributed by atoms with Gasteiger partial charge < -0.3 is 0 Å². The summed E-state index contributed by atoms with van der Waals surface area (Å²) in [6, 6.07) is 23.4. The summed E-state index contributed by atoms with van der Waals surface area (Å²) in [6.07, 6.45) is -1.01. The van der Waals surface area contributed by atoms with Crippen molar-refractivity contribution in [2.75, 3.05) is 9.96 Å². The van der Waals surface area contributed by atoms with Crippen molar-refractivity contribution >= 4 is 57.3 Å². The molecule has 3 heterocycles. The van der Waals surface area contributed by atoms with Crippen LogP contribution in [0.4, 0.5) is 11.4 Å². The highest BCUT2D eigenvalue weighted by Crippen LogP contribution is 2.49. The molecule has 6 rings (SSSR count). The number of hydroxylamine groups is 1. The first-order valence-corrected chi connectivity index (χ1v) is 11.9. The number of imide groups is 1. The number of hydrogen-bond donors (Lipinski definition) is 0. The van der Waals surface area contributed by atoms with Gasteiger partial charge in [-0.05, 0) is 48.9 Å². The Kier molecular flexibility index (Phi) is 5.25. The summed E-state index contributed by atoms with van der Waals surface area (Å²) in [7, 11) is 0. The smallest absolute Gasteiger partial charge is 0.266 e. The largest absolute Gasteiger partial charge is 0.273 e. The van der Waals surface area contributed by atoms with E-state index < -0.39 is 24.0 Å². The molecule has 1 aromatic heterocycles. The molecule has 3 aromatic carbocycles. The molecule has 6 nitrogen and oxygen atoms in total. The lowest BCUT2D eigenvalue weighted by Gasteiger charge is -2.29. The molecule has 174 valence electrons. The number of hydrogen-bond acceptors (Lipinski definition) is 5. The van der Waals surface area contributed by atoms with Gasteiger partial charge in [0.2, 0.25) is 5.91 Å². The molecule has 8 heteroatoms. The molecule has 0 bridgehead atoms. The molecule has 35 heavy (non-hydrogen) atoms. The van der Waals surface area contributed by atoms with Crippen LogP contribution in [0.2, 0.25) is 10.2 Å². The highest BCUT2D eigenvalue weighted by Gasteiger charge is 2.61. The van der Waals surface area contributed by atoms with Gasteiger partial charge in [-0.1, -0.05) is 65.7 Å². The topological polar surface area (TPSA) is 62.7 Å². The third kappa shape index (κ3) is 3.40. The van der Waals surface area contributed by atoms with E-state index >= 15 is 0 Å². The fraction of sp³-hybridized carbons (Fsp3) is 0.148.